The number of ether oxygens (including phenoxy) is 1. The summed E-state index contributed by atoms with van der Waals surface area (Å²) in [5.74, 6) is 0.908. The molecule has 0 saturated carbocycles. The predicted octanol–water partition coefficient (Wildman–Crippen LogP) is 4.23. The van der Waals surface area contributed by atoms with E-state index in [0.717, 1.165) is 46.6 Å². The lowest BCUT2D eigenvalue weighted by molar-refractivity contribution is 0.301. The summed E-state index contributed by atoms with van der Waals surface area (Å²) in [5, 5.41) is 3.39. The zero-order valence-electron chi connectivity index (χ0n) is 12.5. The molecule has 0 unspecified atom stereocenters. The molecule has 1 heterocycles. The highest BCUT2D eigenvalue weighted by atomic mass is 79.9. The first-order chi connectivity index (χ1) is 10.2. The van der Waals surface area contributed by atoms with Crippen LogP contribution in [-0.2, 0) is 13.2 Å². The Labute approximate surface area is 134 Å². The molecule has 3 nitrogen and oxygen atoms in total. The molecule has 2 rings (SSSR count). The van der Waals surface area contributed by atoms with E-state index >= 15 is 0 Å². The van der Waals surface area contributed by atoms with Crippen molar-refractivity contribution in [2.75, 3.05) is 6.54 Å². The fourth-order valence-corrected chi connectivity index (χ4v) is 2.46. The van der Waals surface area contributed by atoms with Crippen molar-refractivity contribution < 1.29 is 4.74 Å². The van der Waals surface area contributed by atoms with Crippen molar-refractivity contribution in [2.24, 2.45) is 0 Å². The highest BCUT2D eigenvalue weighted by Crippen LogP contribution is 2.21. The highest BCUT2D eigenvalue weighted by Gasteiger charge is 2.06. The van der Waals surface area contributed by atoms with Gasteiger partial charge in [-0.1, -0.05) is 35.0 Å². The number of hydrogen-bond acceptors (Lipinski definition) is 3. The third kappa shape index (κ3) is 5.14. The van der Waals surface area contributed by atoms with Gasteiger partial charge in [-0.3, -0.25) is 4.98 Å². The second-order valence-corrected chi connectivity index (χ2v) is 5.94. The molecule has 0 bridgehead atoms. The van der Waals surface area contributed by atoms with Crippen LogP contribution in [0.25, 0.3) is 0 Å². The maximum Gasteiger partial charge on any atom is 0.127 e. The van der Waals surface area contributed by atoms with Crippen LogP contribution in [0.15, 0.2) is 41.0 Å². The topological polar surface area (TPSA) is 34.2 Å². The fourth-order valence-electron chi connectivity index (χ4n) is 2.02. The Morgan fingerprint density at radius 2 is 2.14 bits per heavy atom. The van der Waals surface area contributed by atoms with Crippen molar-refractivity contribution >= 4 is 15.9 Å². The van der Waals surface area contributed by atoms with Crippen LogP contribution in [-0.4, -0.2) is 11.5 Å². The number of aromatic nitrogens is 1. The van der Waals surface area contributed by atoms with Gasteiger partial charge in [-0.25, -0.2) is 0 Å². The molecule has 0 amide bonds. The van der Waals surface area contributed by atoms with Crippen LogP contribution in [0.4, 0.5) is 0 Å². The number of hydrogen-bond donors (Lipinski definition) is 1. The normalized spacial score (nSPS) is 10.6. The number of pyridine rings is 1. The minimum Gasteiger partial charge on any atom is -0.488 e. The lowest BCUT2D eigenvalue weighted by atomic mass is 10.2. The fraction of sp³-hybridized carbons (Fsp3) is 0.353. The van der Waals surface area contributed by atoms with E-state index < -0.39 is 0 Å². The summed E-state index contributed by atoms with van der Waals surface area (Å²) in [5.41, 5.74) is 3.22. The van der Waals surface area contributed by atoms with Gasteiger partial charge in [0.2, 0.25) is 0 Å². The summed E-state index contributed by atoms with van der Waals surface area (Å²) < 4.78 is 7.06. The van der Waals surface area contributed by atoms with Crippen molar-refractivity contribution in [2.45, 2.75) is 33.4 Å². The molecular weight excluding hydrogens is 328 g/mol. The predicted molar refractivity (Wildman–Crippen MR) is 89.4 cm³/mol. The van der Waals surface area contributed by atoms with Gasteiger partial charge in [0.15, 0.2) is 0 Å². The smallest absolute Gasteiger partial charge is 0.127 e. The van der Waals surface area contributed by atoms with E-state index in [1.807, 2.05) is 31.3 Å². The number of benzene rings is 1. The number of nitrogens with zero attached hydrogens (tertiary/aromatic N) is 1. The molecule has 0 saturated heterocycles. The van der Waals surface area contributed by atoms with Crippen LogP contribution >= 0.6 is 15.9 Å². The van der Waals surface area contributed by atoms with Gasteiger partial charge in [-0.05, 0) is 37.6 Å². The zero-order chi connectivity index (χ0) is 15.1. The zero-order valence-corrected chi connectivity index (χ0v) is 14.1. The number of halogens is 1. The molecule has 1 aromatic heterocycles. The molecule has 1 N–H and O–H groups in total. The molecule has 112 valence electrons. The van der Waals surface area contributed by atoms with Crippen LogP contribution < -0.4 is 10.1 Å². The molecule has 0 radical (unpaired) electrons. The monoisotopic (exact) mass is 348 g/mol. The summed E-state index contributed by atoms with van der Waals surface area (Å²) >= 11 is 3.48. The minimum absolute atomic E-state index is 0.559. The van der Waals surface area contributed by atoms with E-state index in [1.54, 1.807) is 0 Å². The van der Waals surface area contributed by atoms with Crippen molar-refractivity contribution in [1.29, 1.82) is 0 Å². The van der Waals surface area contributed by atoms with Crippen LogP contribution in [0.1, 0.15) is 30.2 Å². The van der Waals surface area contributed by atoms with Gasteiger partial charge in [0.05, 0.1) is 0 Å². The van der Waals surface area contributed by atoms with E-state index in [0.29, 0.717) is 6.61 Å². The van der Waals surface area contributed by atoms with Gasteiger partial charge in [-0.15, -0.1) is 0 Å². The van der Waals surface area contributed by atoms with Gasteiger partial charge in [-0.2, -0.15) is 0 Å². The molecule has 0 aliphatic rings. The van der Waals surface area contributed by atoms with Crippen LogP contribution in [0.2, 0.25) is 0 Å². The third-order valence-corrected chi connectivity index (χ3v) is 3.60. The first-order valence-corrected chi connectivity index (χ1v) is 8.02. The van der Waals surface area contributed by atoms with Crippen molar-refractivity contribution in [3.05, 3.63) is 57.8 Å². The maximum absolute atomic E-state index is 5.99. The highest BCUT2D eigenvalue weighted by molar-refractivity contribution is 9.10. The summed E-state index contributed by atoms with van der Waals surface area (Å²) in [6, 6.07) is 10.2. The van der Waals surface area contributed by atoms with E-state index in [9.17, 15) is 0 Å². The first-order valence-electron chi connectivity index (χ1n) is 7.22. The Morgan fingerprint density at radius 3 is 2.90 bits per heavy atom. The van der Waals surface area contributed by atoms with Gasteiger partial charge < -0.3 is 10.1 Å². The molecule has 0 fully saturated rings. The first kappa shape index (κ1) is 16.0. The SMILES string of the molecule is CCCNCc1cnc(C)cc1OCc1cccc(Br)c1. The Balaban J connectivity index is 2.05. The van der Waals surface area contributed by atoms with E-state index in [1.165, 1.54) is 0 Å². The summed E-state index contributed by atoms with van der Waals surface area (Å²) in [6.45, 7) is 6.48. The Hall–Kier alpha value is -1.39. The van der Waals surface area contributed by atoms with E-state index in [2.05, 4.69) is 45.3 Å². The van der Waals surface area contributed by atoms with Crippen molar-refractivity contribution in [1.82, 2.24) is 10.3 Å². The summed E-state index contributed by atoms with van der Waals surface area (Å²) in [7, 11) is 0. The summed E-state index contributed by atoms with van der Waals surface area (Å²) in [4.78, 5) is 4.36. The maximum atomic E-state index is 5.99. The van der Waals surface area contributed by atoms with Gasteiger partial charge in [0.25, 0.3) is 0 Å². The van der Waals surface area contributed by atoms with Gasteiger partial charge in [0, 0.05) is 34.5 Å². The van der Waals surface area contributed by atoms with E-state index in [4.69, 9.17) is 4.74 Å². The van der Waals surface area contributed by atoms with Crippen molar-refractivity contribution in [3.8, 4) is 5.75 Å². The Bertz CT molecular complexity index is 587. The molecule has 0 aliphatic carbocycles. The lowest BCUT2D eigenvalue weighted by Gasteiger charge is -2.13. The van der Waals surface area contributed by atoms with Crippen LogP contribution in [0.5, 0.6) is 5.75 Å². The molecule has 0 atom stereocenters. The second kappa shape index (κ2) is 8.15. The lowest BCUT2D eigenvalue weighted by Crippen LogP contribution is -2.15. The van der Waals surface area contributed by atoms with Crippen LogP contribution in [0, 0.1) is 6.92 Å². The summed E-state index contributed by atoms with van der Waals surface area (Å²) in [6.07, 6.45) is 3.02. The molecule has 1 aromatic carbocycles. The quantitative estimate of drug-likeness (QED) is 0.760. The number of rotatable bonds is 7. The third-order valence-electron chi connectivity index (χ3n) is 3.11. The molecule has 0 aliphatic heterocycles. The molecular formula is C17H21BrN2O. The molecule has 2 aromatic rings. The molecule has 4 heteroatoms. The largest absolute Gasteiger partial charge is 0.488 e. The average Bonchev–Trinajstić information content (AvgIpc) is 2.47. The number of nitrogens with one attached hydrogen (secondary N) is 1. The van der Waals surface area contributed by atoms with Crippen molar-refractivity contribution in [3.63, 3.8) is 0 Å². The van der Waals surface area contributed by atoms with E-state index in [-0.39, 0.29) is 0 Å². The van der Waals surface area contributed by atoms with Gasteiger partial charge in [0.1, 0.15) is 12.4 Å². The van der Waals surface area contributed by atoms with Gasteiger partial charge >= 0.3 is 0 Å². The standard InChI is InChI=1S/C17H21BrN2O/c1-3-7-19-10-15-11-20-13(2)8-17(15)21-12-14-5-4-6-16(18)9-14/h4-6,8-9,11,19H,3,7,10,12H2,1-2H3. The van der Waals surface area contributed by atoms with Crippen LogP contribution in [0.3, 0.4) is 0 Å². The minimum atomic E-state index is 0.559. The average molecular weight is 349 g/mol. The molecule has 21 heavy (non-hydrogen) atoms. The Morgan fingerprint density at radius 1 is 1.29 bits per heavy atom. The number of aryl methyl sites for hydroxylation is 1. The Kier molecular flexibility index (Phi) is 6.21. The second-order valence-electron chi connectivity index (χ2n) is 5.03. The molecule has 0 spiro atoms.